The van der Waals surface area contributed by atoms with Crippen molar-refractivity contribution in [2.24, 2.45) is 0 Å². The highest BCUT2D eigenvalue weighted by Gasteiger charge is 2.20. The monoisotopic (exact) mass is 504 g/mol. The van der Waals surface area contributed by atoms with E-state index in [-0.39, 0.29) is 6.04 Å². The molecule has 4 aromatic heterocycles. The van der Waals surface area contributed by atoms with Crippen molar-refractivity contribution in [1.82, 2.24) is 23.8 Å². The van der Waals surface area contributed by atoms with E-state index in [2.05, 4.69) is 112 Å². The van der Waals surface area contributed by atoms with Gasteiger partial charge in [-0.05, 0) is 49.4 Å². The van der Waals surface area contributed by atoms with Crippen molar-refractivity contribution in [2.45, 2.75) is 13.0 Å². The minimum Gasteiger partial charge on any atom is -0.374 e. The van der Waals surface area contributed by atoms with Gasteiger partial charge in [0.1, 0.15) is 11.2 Å². The van der Waals surface area contributed by atoms with Crippen LogP contribution in [0.4, 0.5) is 5.69 Å². The lowest BCUT2D eigenvalue weighted by Gasteiger charge is -2.17. The van der Waals surface area contributed by atoms with Gasteiger partial charge in [0, 0.05) is 11.4 Å². The maximum atomic E-state index is 5.24. The van der Waals surface area contributed by atoms with Crippen LogP contribution in [0.15, 0.2) is 109 Å². The Bertz CT molecular complexity index is 2230. The third kappa shape index (κ3) is 3.31. The highest BCUT2D eigenvalue weighted by Crippen LogP contribution is 2.34. The number of imidazole rings is 2. The first-order valence-electron chi connectivity index (χ1n) is 13.1. The number of hydrogen-bond acceptors (Lipinski definition) is 4. The molecule has 186 valence electrons. The summed E-state index contributed by atoms with van der Waals surface area (Å²) in [5.74, 6) is 0. The summed E-state index contributed by atoms with van der Waals surface area (Å²) in [5, 5.41) is 4.86. The van der Waals surface area contributed by atoms with Gasteiger partial charge in [-0.2, -0.15) is 0 Å². The van der Waals surface area contributed by atoms with E-state index in [4.69, 9.17) is 15.0 Å². The molecule has 6 nitrogen and oxygen atoms in total. The number of anilines is 1. The Morgan fingerprint density at radius 2 is 1.31 bits per heavy atom. The number of para-hydroxylation sites is 5. The van der Waals surface area contributed by atoms with Crippen LogP contribution in [-0.4, -0.2) is 29.8 Å². The predicted octanol–water partition coefficient (Wildman–Crippen LogP) is 7.49. The summed E-state index contributed by atoms with van der Waals surface area (Å²) in [6.07, 6.45) is 12.5. The van der Waals surface area contributed by atoms with Crippen LogP contribution in [0.3, 0.4) is 0 Å². The second kappa shape index (κ2) is 8.39. The molecule has 1 N–H and O–H groups in total. The Morgan fingerprint density at radius 3 is 2.13 bits per heavy atom. The first-order chi connectivity index (χ1) is 19.3. The van der Waals surface area contributed by atoms with E-state index >= 15 is 0 Å². The average molecular weight is 505 g/mol. The molecule has 7 aromatic rings. The van der Waals surface area contributed by atoms with Gasteiger partial charge in [0.05, 0.1) is 38.8 Å². The van der Waals surface area contributed by atoms with E-state index in [1.165, 1.54) is 0 Å². The van der Waals surface area contributed by atoms with Crippen LogP contribution in [0.2, 0.25) is 0 Å². The summed E-state index contributed by atoms with van der Waals surface area (Å²) in [4.78, 5) is 15.6. The standard InChI is InChI=1S/C33H24N6/c1-21-12-4-2-3-5-19-28-30(34-21)32-36-25-16-9-11-18-27(25)39(32)29-20-22-13-6-7-14-23(22)35-31(29)33-37-24-15-8-10-17-26(24)38(28)33/h2-21,34H,1H3/b3-2-,12-4-,19-5+,30-28?. The summed E-state index contributed by atoms with van der Waals surface area (Å²) in [6.45, 7) is 2.15. The summed E-state index contributed by atoms with van der Waals surface area (Å²) in [7, 11) is 0. The first-order valence-corrected chi connectivity index (χ1v) is 13.1. The van der Waals surface area contributed by atoms with Crippen LogP contribution in [0.1, 0.15) is 12.6 Å². The summed E-state index contributed by atoms with van der Waals surface area (Å²) in [5.41, 5.74) is 10.1. The molecule has 0 bridgehead atoms. The van der Waals surface area contributed by atoms with Crippen molar-refractivity contribution < 1.29 is 0 Å². The molecule has 0 radical (unpaired) electrons. The van der Waals surface area contributed by atoms with E-state index < -0.39 is 0 Å². The minimum absolute atomic E-state index is 0.0614. The number of benzene rings is 3. The lowest BCUT2D eigenvalue weighted by atomic mass is 10.2. The molecule has 39 heavy (non-hydrogen) atoms. The molecule has 6 heteroatoms. The Labute approximate surface area is 223 Å². The molecular weight excluding hydrogens is 480 g/mol. The number of fused-ring (bicyclic) bond motifs is 13. The van der Waals surface area contributed by atoms with Gasteiger partial charge in [0.15, 0.2) is 11.3 Å². The molecule has 0 aliphatic carbocycles. The second-order valence-electron chi connectivity index (χ2n) is 9.89. The molecule has 1 aliphatic rings. The van der Waals surface area contributed by atoms with E-state index in [0.717, 1.165) is 66.7 Å². The fraction of sp³-hybridized carbons (Fsp3) is 0.0606. The SMILES string of the molecule is CC1\C=C/C=C\C=C\c2c(c3nc4ccccc4n3c3cc4ccccc4nc3c3nc4ccccc4n23)N1. The van der Waals surface area contributed by atoms with E-state index in [1.807, 2.05) is 24.3 Å². The molecule has 5 heterocycles. The quantitative estimate of drug-likeness (QED) is 0.232. The maximum Gasteiger partial charge on any atom is 0.166 e. The topological polar surface area (TPSA) is 59.5 Å². The highest BCUT2D eigenvalue weighted by atomic mass is 15.1. The minimum atomic E-state index is 0.0614. The highest BCUT2D eigenvalue weighted by molar-refractivity contribution is 6.03. The molecule has 0 saturated carbocycles. The Morgan fingerprint density at radius 1 is 0.641 bits per heavy atom. The molecule has 0 saturated heterocycles. The van der Waals surface area contributed by atoms with Crippen LogP contribution < -0.4 is 5.32 Å². The Kier molecular flexibility index (Phi) is 4.70. The van der Waals surface area contributed by atoms with Crippen LogP contribution in [0, 0.1) is 0 Å². The van der Waals surface area contributed by atoms with Gasteiger partial charge in [-0.3, -0.25) is 8.80 Å². The molecule has 8 rings (SSSR count). The Hall–Kier alpha value is -5.23. The van der Waals surface area contributed by atoms with Gasteiger partial charge in [0.2, 0.25) is 0 Å². The smallest absolute Gasteiger partial charge is 0.166 e. The number of aromatic nitrogens is 5. The van der Waals surface area contributed by atoms with Gasteiger partial charge in [0.25, 0.3) is 0 Å². The number of nitrogens with one attached hydrogen (secondary N) is 1. The van der Waals surface area contributed by atoms with Crippen LogP contribution in [-0.2, 0) is 0 Å². The van der Waals surface area contributed by atoms with Crippen molar-refractivity contribution in [3.05, 3.63) is 115 Å². The van der Waals surface area contributed by atoms with Gasteiger partial charge < -0.3 is 5.32 Å². The van der Waals surface area contributed by atoms with Crippen LogP contribution >= 0.6 is 0 Å². The van der Waals surface area contributed by atoms with Crippen molar-refractivity contribution in [1.29, 1.82) is 0 Å². The zero-order valence-electron chi connectivity index (χ0n) is 21.3. The molecule has 1 atom stereocenters. The van der Waals surface area contributed by atoms with Crippen molar-refractivity contribution >= 4 is 67.1 Å². The van der Waals surface area contributed by atoms with Crippen molar-refractivity contribution in [2.75, 3.05) is 5.32 Å². The fourth-order valence-corrected chi connectivity index (χ4v) is 5.61. The largest absolute Gasteiger partial charge is 0.374 e. The molecule has 1 unspecified atom stereocenters. The van der Waals surface area contributed by atoms with Gasteiger partial charge in [-0.25, -0.2) is 15.0 Å². The number of rotatable bonds is 0. The average Bonchev–Trinajstić information content (AvgIpc) is 3.53. The maximum absolute atomic E-state index is 5.24. The van der Waals surface area contributed by atoms with Gasteiger partial charge in [-0.15, -0.1) is 0 Å². The molecule has 0 amide bonds. The molecule has 0 spiro atoms. The van der Waals surface area contributed by atoms with Crippen LogP contribution in [0.5, 0.6) is 0 Å². The second-order valence-corrected chi connectivity index (χ2v) is 9.89. The number of allylic oxidation sites excluding steroid dienone is 4. The lowest BCUT2D eigenvalue weighted by Crippen LogP contribution is -2.15. The lowest BCUT2D eigenvalue weighted by molar-refractivity contribution is 0.990. The summed E-state index contributed by atoms with van der Waals surface area (Å²) >= 11 is 0. The van der Waals surface area contributed by atoms with Crippen LogP contribution in [0.25, 0.3) is 61.4 Å². The van der Waals surface area contributed by atoms with E-state index in [0.29, 0.717) is 0 Å². The molecule has 0 fully saturated rings. The molecular formula is C33H24N6. The summed E-state index contributed by atoms with van der Waals surface area (Å²) in [6, 6.07) is 27.1. The Balaban J connectivity index is 1.76. The van der Waals surface area contributed by atoms with Gasteiger partial charge >= 0.3 is 0 Å². The fourth-order valence-electron chi connectivity index (χ4n) is 5.61. The molecule has 1 aliphatic heterocycles. The van der Waals surface area contributed by atoms with Crippen molar-refractivity contribution in [3.8, 4) is 0 Å². The van der Waals surface area contributed by atoms with Crippen molar-refractivity contribution in [3.63, 3.8) is 0 Å². The summed E-state index contributed by atoms with van der Waals surface area (Å²) < 4.78 is 4.46. The zero-order valence-corrected chi connectivity index (χ0v) is 21.3. The predicted molar refractivity (Wildman–Crippen MR) is 161 cm³/mol. The zero-order chi connectivity index (χ0) is 25.9. The number of pyridine rings is 1. The normalized spacial score (nSPS) is 17.9. The molecule has 3 aromatic carbocycles. The number of hydrogen-bond donors (Lipinski definition) is 1. The third-order valence-electron chi connectivity index (χ3n) is 7.36. The van der Waals surface area contributed by atoms with Gasteiger partial charge in [-0.1, -0.05) is 72.8 Å². The van der Waals surface area contributed by atoms with E-state index in [9.17, 15) is 0 Å². The third-order valence-corrected chi connectivity index (χ3v) is 7.36. The first kappa shape index (κ1) is 21.8. The number of nitrogens with zero attached hydrogens (tertiary/aromatic N) is 5. The van der Waals surface area contributed by atoms with E-state index in [1.54, 1.807) is 0 Å².